The number of hydrogen-bond donors (Lipinski definition) is 1. The monoisotopic (exact) mass is 372 g/mol. The molecule has 1 aliphatic heterocycles. The van der Waals surface area contributed by atoms with Crippen LogP contribution in [0.5, 0.6) is 0 Å². The largest absolute Gasteiger partial charge is 0.377 e. The first-order valence-corrected chi connectivity index (χ1v) is 9.99. The molecule has 1 atom stereocenters. The number of nitrogens with one attached hydrogen (secondary N) is 1. The number of rotatable bonds is 5. The minimum absolute atomic E-state index is 0.282. The van der Waals surface area contributed by atoms with Gasteiger partial charge in [-0.25, -0.2) is 22.8 Å². The van der Waals surface area contributed by atoms with Crippen molar-refractivity contribution in [2.45, 2.75) is 36.9 Å². The molecule has 0 spiro atoms. The van der Waals surface area contributed by atoms with Crippen molar-refractivity contribution >= 4 is 20.8 Å². The molecule has 0 amide bonds. The van der Waals surface area contributed by atoms with Crippen LogP contribution in [-0.4, -0.2) is 30.3 Å². The standard InChI is InChI=1S/C18H20N4O3S/c1-25-12-17-19-18-15(9-5-11-22(18)20-17)21-26(23,24)16-10-4-7-13-6-2-3-8-14(13)16/h2-4,6-8,10,15,21H,5,9,11-12H2,1H3/t15-/m0/s1. The summed E-state index contributed by atoms with van der Waals surface area (Å²) >= 11 is 0. The van der Waals surface area contributed by atoms with Gasteiger partial charge in [0.05, 0.1) is 10.9 Å². The van der Waals surface area contributed by atoms with Gasteiger partial charge >= 0.3 is 0 Å². The first-order valence-electron chi connectivity index (χ1n) is 8.51. The summed E-state index contributed by atoms with van der Waals surface area (Å²) in [4.78, 5) is 4.74. The van der Waals surface area contributed by atoms with E-state index < -0.39 is 16.1 Å². The van der Waals surface area contributed by atoms with E-state index in [1.54, 1.807) is 23.9 Å². The number of aryl methyl sites for hydroxylation is 1. The van der Waals surface area contributed by atoms with E-state index in [9.17, 15) is 8.42 Å². The van der Waals surface area contributed by atoms with Crippen molar-refractivity contribution in [2.75, 3.05) is 7.11 Å². The highest BCUT2D eigenvalue weighted by molar-refractivity contribution is 7.89. The van der Waals surface area contributed by atoms with Crippen LogP contribution >= 0.6 is 0 Å². The Morgan fingerprint density at radius 3 is 2.88 bits per heavy atom. The van der Waals surface area contributed by atoms with Crippen LogP contribution in [0.3, 0.4) is 0 Å². The molecule has 3 aromatic rings. The first-order chi connectivity index (χ1) is 12.6. The van der Waals surface area contributed by atoms with Crippen LogP contribution in [0.2, 0.25) is 0 Å². The zero-order chi connectivity index (χ0) is 18.1. The zero-order valence-electron chi connectivity index (χ0n) is 14.4. The highest BCUT2D eigenvalue weighted by Gasteiger charge is 2.29. The molecule has 26 heavy (non-hydrogen) atoms. The molecule has 0 bridgehead atoms. The third-order valence-electron chi connectivity index (χ3n) is 4.53. The minimum Gasteiger partial charge on any atom is -0.377 e. The molecule has 1 aromatic heterocycles. The van der Waals surface area contributed by atoms with Crippen LogP contribution in [0.25, 0.3) is 10.8 Å². The molecule has 136 valence electrons. The number of nitrogens with zero attached hydrogens (tertiary/aromatic N) is 3. The van der Waals surface area contributed by atoms with Crippen molar-refractivity contribution in [2.24, 2.45) is 0 Å². The summed E-state index contributed by atoms with van der Waals surface area (Å²) in [5.41, 5.74) is 0. The molecule has 2 aromatic carbocycles. The van der Waals surface area contributed by atoms with Gasteiger partial charge in [-0.05, 0) is 24.3 Å². The van der Waals surface area contributed by atoms with E-state index in [1.807, 2.05) is 30.3 Å². The molecule has 0 saturated carbocycles. The molecule has 4 rings (SSSR count). The number of fused-ring (bicyclic) bond motifs is 2. The lowest BCUT2D eigenvalue weighted by atomic mass is 10.1. The van der Waals surface area contributed by atoms with Crippen LogP contribution in [0.15, 0.2) is 47.4 Å². The maximum Gasteiger partial charge on any atom is 0.241 e. The maximum absolute atomic E-state index is 13.1. The van der Waals surface area contributed by atoms with Gasteiger partial charge < -0.3 is 4.74 Å². The van der Waals surface area contributed by atoms with Crippen molar-refractivity contribution in [3.8, 4) is 0 Å². The van der Waals surface area contributed by atoms with Crippen LogP contribution in [0.1, 0.15) is 30.5 Å². The number of benzene rings is 2. The summed E-state index contributed by atoms with van der Waals surface area (Å²) in [6.07, 6.45) is 1.53. The topological polar surface area (TPSA) is 86.1 Å². The van der Waals surface area contributed by atoms with E-state index in [4.69, 9.17) is 4.74 Å². The summed E-state index contributed by atoms with van der Waals surface area (Å²) in [7, 11) is -2.11. The molecule has 0 fully saturated rings. The highest BCUT2D eigenvalue weighted by Crippen LogP contribution is 2.28. The molecule has 1 aliphatic rings. The third-order valence-corrected chi connectivity index (χ3v) is 6.06. The molecule has 0 radical (unpaired) electrons. The fourth-order valence-corrected chi connectivity index (χ4v) is 4.84. The van der Waals surface area contributed by atoms with Gasteiger partial charge in [-0.3, -0.25) is 0 Å². The van der Waals surface area contributed by atoms with Crippen LogP contribution < -0.4 is 4.72 Å². The number of ether oxygens (including phenoxy) is 1. The lowest BCUT2D eigenvalue weighted by Gasteiger charge is -2.23. The lowest BCUT2D eigenvalue weighted by molar-refractivity contribution is 0.177. The van der Waals surface area contributed by atoms with Crippen molar-refractivity contribution in [3.63, 3.8) is 0 Å². The van der Waals surface area contributed by atoms with Gasteiger partial charge in [0, 0.05) is 19.0 Å². The second-order valence-electron chi connectivity index (χ2n) is 6.34. The number of sulfonamides is 1. The summed E-state index contributed by atoms with van der Waals surface area (Å²) in [6.45, 7) is 1.04. The maximum atomic E-state index is 13.1. The Hall–Kier alpha value is -2.29. The quantitative estimate of drug-likeness (QED) is 0.743. The predicted octanol–water partition coefficient (Wildman–Crippen LogP) is 2.39. The summed E-state index contributed by atoms with van der Waals surface area (Å²) < 4.78 is 35.8. The fraction of sp³-hybridized carbons (Fsp3) is 0.333. The molecule has 0 unspecified atom stereocenters. The molecule has 8 heteroatoms. The number of methoxy groups -OCH3 is 1. The van der Waals surface area contributed by atoms with Crippen molar-refractivity contribution in [1.82, 2.24) is 19.5 Å². The second-order valence-corrected chi connectivity index (χ2v) is 8.02. The van der Waals surface area contributed by atoms with Crippen LogP contribution in [0.4, 0.5) is 0 Å². The Bertz CT molecular complexity index is 1040. The van der Waals surface area contributed by atoms with E-state index in [1.165, 1.54) is 0 Å². The zero-order valence-corrected chi connectivity index (χ0v) is 15.2. The fourth-order valence-electron chi connectivity index (χ4n) is 3.38. The first kappa shape index (κ1) is 17.1. The van der Waals surface area contributed by atoms with Gasteiger partial charge in [0.2, 0.25) is 10.0 Å². The van der Waals surface area contributed by atoms with Crippen molar-refractivity contribution in [1.29, 1.82) is 0 Å². The van der Waals surface area contributed by atoms with Crippen LogP contribution in [0, 0.1) is 0 Å². The average molecular weight is 372 g/mol. The van der Waals surface area contributed by atoms with Gasteiger partial charge in [0.1, 0.15) is 12.4 Å². The minimum atomic E-state index is -3.69. The van der Waals surface area contributed by atoms with Gasteiger partial charge in [0.25, 0.3) is 0 Å². The van der Waals surface area contributed by atoms with Gasteiger partial charge in [-0.2, -0.15) is 5.10 Å². The summed E-state index contributed by atoms with van der Waals surface area (Å²) in [5, 5.41) is 5.99. The lowest BCUT2D eigenvalue weighted by Crippen LogP contribution is -2.33. The molecular formula is C18H20N4O3S. The Morgan fingerprint density at radius 1 is 1.23 bits per heavy atom. The van der Waals surface area contributed by atoms with E-state index in [-0.39, 0.29) is 4.90 Å². The molecular weight excluding hydrogens is 352 g/mol. The van der Waals surface area contributed by atoms with E-state index in [0.717, 1.165) is 18.4 Å². The smallest absolute Gasteiger partial charge is 0.241 e. The summed E-state index contributed by atoms with van der Waals surface area (Å²) in [6, 6.07) is 12.4. The molecule has 0 saturated heterocycles. The predicted molar refractivity (Wildman–Crippen MR) is 97.0 cm³/mol. The van der Waals surface area contributed by atoms with Crippen molar-refractivity contribution in [3.05, 3.63) is 54.1 Å². The number of aromatic nitrogens is 3. The van der Waals surface area contributed by atoms with Gasteiger partial charge in [0.15, 0.2) is 5.82 Å². The molecule has 2 heterocycles. The van der Waals surface area contributed by atoms with Gasteiger partial charge in [-0.15, -0.1) is 0 Å². The van der Waals surface area contributed by atoms with Gasteiger partial charge in [-0.1, -0.05) is 36.4 Å². The van der Waals surface area contributed by atoms with E-state index in [2.05, 4.69) is 14.8 Å². The van der Waals surface area contributed by atoms with E-state index >= 15 is 0 Å². The third kappa shape index (κ3) is 3.11. The Labute approximate surface area is 152 Å². The Kier molecular flexibility index (Phi) is 4.47. The molecule has 1 N–H and O–H groups in total. The summed E-state index contributed by atoms with van der Waals surface area (Å²) in [5.74, 6) is 1.21. The normalized spacial score (nSPS) is 17.3. The SMILES string of the molecule is COCc1nc2n(n1)CCC[C@@H]2NS(=O)(=O)c1cccc2ccccc12. The van der Waals surface area contributed by atoms with Crippen LogP contribution in [-0.2, 0) is 27.9 Å². The Morgan fingerprint density at radius 2 is 2.04 bits per heavy atom. The number of hydrogen-bond acceptors (Lipinski definition) is 5. The average Bonchev–Trinajstić information content (AvgIpc) is 3.05. The second kappa shape index (κ2) is 6.79. The molecule has 7 nitrogen and oxygen atoms in total. The Balaban J connectivity index is 1.69. The van der Waals surface area contributed by atoms with Crippen molar-refractivity contribution < 1.29 is 13.2 Å². The van der Waals surface area contributed by atoms with E-state index in [0.29, 0.717) is 30.1 Å². The molecule has 0 aliphatic carbocycles. The highest BCUT2D eigenvalue weighted by atomic mass is 32.2.